The van der Waals surface area contributed by atoms with Crippen molar-refractivity contribution in [2.24, 2.45) is 0 Å². The first kappa shape index (κ1) is 36.5. The number of non-ortho nitro benzene ring substituents is 3. The van der Waals surface area contributed by atoms with E-state index in [0.717, 1.165) is 76.8 Å². The van der Waals surface area contributed by atoms with Gasteiger partial charge in [0.25, 0.3) is 17.1 Å². The number of aryl methyl sites for hydroxylation is 1. The van der Waals surface area contributed by atoms with Crippen LogP contribution in [0.5, 0.6) is 0 Å². The molecule has 0 N–H and O–H groups in total. The van der Waals surface area contributed by atoms with Gasteiger partial charge < -0.3 is 0 Å². The van der Waals surface area contributed by atoms with Gasteiger partial charge in [0.2, 0.25) is 0 Å². The van der Waals surface area contributed by atoms with E-state index >= 15 is 0 Å². The van der Waals surface area contributed by atoms with Crippen LogP contribution in [0.2, 0.25) is 5.54 Å². The van der Waals surface area contributed by atoms with E-state index in [4.69, 9.17) is 0 Å². The lowest BCUT2D eigenvalue weighted by molar-refractivity contribution is -0.385. The Morgan fingerprint density at radius 3 is 1.13 bits per heavy atom. The Kier molecular flexibility index (Phi) is 11.0. The van der Waals surface area contributed by atoms with Crippen molar-refractivity contribution in [1.29, 1.82) is 0 Å². The lowest BCUT2D eigenvalue weighted by Crippen LogP contribution is -2.02. The van der Waals surface area contributed by atoms with Gasteiger partial charge in [-0.3, -0.25) is 30.3 Å². The fraction of sp³-hybridized carbons (Fsp3) is 0.163. The predicted octanol–water partition coefficient (Wildman–Crippen LogP) is 10.9. The molecule has 2 radical (unpaired) electrons. The second-order valence-corrected chi connectivity index (χ2v) is 15.5. The van der Waals surface area contributed by atoms with E-state index in [1.807, 2.05) is 6.92 Å². The SMILES string of the molecule is Cc1cc(Cc2cc(Cc3cc(C[Si]C(C)C)cc(-c4ccc([N+](=O)[O-])cc4)c3)cc(-c3ccc([N+](=O)[O-])cc3)c2)cc(-c2ccc([N+](=O)[O-])cc2)c1. The van der Waals surface area contributed by atoms with Gasteiger partial charge in [-0.1, -0.05) is 85.1 Å². The molecule has 53 heavy (non-hydrogen) atoms. The highest BCUT2D eigenvalue weighted by Gasteiger charge is 2.13. The molecule has 10 heteroatoms. The minimum atomic E-state index is -0.403. The van der Waals surface area contributed by atoms with Crippen molar-refractivity contribution < 1.29 is 14.8 Å². The van der Waals surface area contributed by atoms with E-state index in [-0.39, 0.29) is 17.1 Å². The van der Waals surface area contributed by atoms with Gasteiger partial charge in [-0.05, 0) is 118 Å². The molecule has 6 aromatic carbocycles. The van der Waals surface area contributed by atoms with E-state index in [9.17, 15) is 30.3 Å². The topological polar surface area (TPSA) is 129 Å². The van der Waals surface area contributed by atoms with Gasteiger partial charge in [0, 0.05) is 45.9 Å². The summed E-state index contributed by atoms with van der Waals surface area (Å²) in [4.78, 5) is 32.7. The van der Waals surface area contributed by atoms with Crippen LogP contribution in [0.15, 0.2) is 127 Å². The van der Waals surface area contributed by atoms with Gasteiger partial charge in [0.05, 0.1) is 14.8 Å². The van der Waals surface area contributed by atoms with Gasteiger partial charge in [0.15, 0.2) is 0 Å². The molecule has 9 nitrogen and oxygen atoms in total. The molecule has 0 aliphatic rings. The quantitative estimate of drug-likeness (QED) is 0.0663. The summed E-state index contributed by atoms with van der Waals surface area (Å²) >= 11 is 0. The molecule has 0 saturated carbocycles. The Bertz CT molecular complexity index is 2300. The molecule has 6 aromatic rings. The van der Waals surface area contributed by atoms with E-state index in [1.54, 1.807) is 36.4 Å². The second kappa shape index (κ2) is 16.0. The molecule has 0 aromatic heterocycles. The molecule has 0 fully saturated rings. The van der Waals surface area contributed by atoms with Crippen LogP contribution in [-0.4, -0.2) is 24.3 Å². The van der Waals surface area contributed by atoms with E-state index in [0.29, 0.717) is 18.4 Å². The van der Waals surface area contributed by atoms with E-state index in [2.05, 4.69) is 68.4 Å². The normalized spacial score (nSPS) is 11.1. The van der Waals surface area contributed by atoms with Crippen molar-refractivity contribution in [2.45, 2.75) is 45.2 Å². The van der Waals surface area contributed by atoms with Crippen molar-refractivity contribution in [3.63, 3.8) is 0 Å². The molecular formula is C43H37N3O6Si. The van der Waals surface area contributed by atoms with Gasteiger partial charge in [-0.2, -0.15) is 0 Å². The Morgan fingerprint density at radius 1 is 0.453 bits per heavy atom. The van der Waals surface area contributed by atoms with Crippen LogP contribution in [0.25, 0.3) is 33.4 Å². The molecule has 264 valence electrons. The minimum absolute atomic E-state index is 0.0290. The molecule has 0 saturated heterocycles. The lowest BCUT2D eigenvalue weighted by atomic mass is 9.91. The summed E-state index contributed by atoms with van der Waals surface area (Å²) in [6.45, 7) is 6.47. The number of nitro groups is 3. The third kappa shape index (κ3) is 9.35. The molecule has 0 aliphatic heterocycles. The second-order valence-electron chi connectivity index (χ2n) is 13.6. The molecule has 0 aliphatic carbocycles. The van der Waals surface area contributed by atoms with Gasteiger partial charge in [0.1, 0.15) is 0 Å². The summed E-state index contributed by atoms with van der Waals surface area (Å²) in [5, 5.41) is 33.9. The van der Waals surface area contributed by atoms with Crippen LogP contribution in [0.4, 0.5) is 17.1 Å². The monoisotopic (exact) mass is 719 g/mol. The molecular weight excluding hydrogens is 683 g/mol. The van der Waals surface area contributed by atoms with Crippen LogP contribution in [-0.2, 0) is 18.9 Å². The first-order valence-corrected chi connectivity index (χ1v) is 18.5. The lowest BCUT2D eigenvalue weighted by Gasteiger charge is -2.14. The summed E-state index contributed by atoms with van der Waals surface area (Å²) in [5.41, 5.74) is 12.9. The third-order valence-corrected chi connectivity index (χ3v) is 10.4. The Balaban J connectivity index is 1.39. The zero-order valence-electron chi connectivity index (χ0n) is 29.6. The smallest absolute Gasteiger partial charge is 0.258 e. The van der Waals surface area contributed by atoms with Gasteiger partial charge in [-0.15, -0.1) is 0 Å². The largest absolute Gasteiger partial charge is 0.269 e. The molecule has 6 rings (SSSR count). The van der Waals surface area contributed by atoms with Gasteiger partial charge >= 0.3 is 0 Å². The van der Waals surface area contributed by atoms with Crippen molar-refractivity contribution in [2.75, 3.05) is 0 Å². The predicted molar refractivity (Wildman–Crippen MR) is 211 cm³/mol. The third-order valence-electron chi connectivity index (χ3n) is 9.01. The number of benzene rings is 6. The van der Waals surface area contributed by atoms with Crippen LogP contribution < -0.4 is 0 Å². The minimum Gasteiger partial charge on any atom is -0.258 e. The maximum atomic E-state index is 11.4. The molecule has 0 amide bonds. The Morgan fingerprint density at radius 2 is 0.774 bits per heavy atom. The first-order chi connectivity index (χ1) is 25.4. The standard InChI is InChI=1S/C43H37N3O6Si/c1-28(2)53-27-34-21-33(25-40(26-34)37-8-14-43(15-9-37)46(51)52)20-32-19-31(23-39(24-32)36-6-12-42(13-7-36)45(49)50)18-30-16-29(3)17-38(22-30)35-4-10-41(11-5-35)44(47)48/h4-17,19,21-26,28H,18,20,27H2,1-3H3. The molecule has 0 bridgehead atoms. The van der Waals surface area contributed by atoms with Crippen molar-refractivity contribution in [1.82, 2.24) is 0 Å². The highest BCUT2D eigenvalue weighted by molar-refractivity contribution is 6.36. The highest BCUT2D eigenvalue weighted by Crippen LogP contribution is 2.31. The van der Waals surface area contributed by atoms with E-state index < -0.39 is 14.8 Å². The zero-order chi connectivity index (χ0) is 37.6. The van der Waals surface area contributed by atoms with Crippen molar-refractivity contribution in [3.8, 4) is 33.4 Å². The number of rotatable bonds is 13. The van der Waals surface area contributed by atoms with Crippen LogP contribution in [0.1, 0.15) is 47.2 Å². The molecule has 0 atom stereocenters. The summed E-state index contributed by atoms with van der Waals surface area (Å²) in [6, 6.07) is 40.1. The number of hydrogen-bond donors (Lipinski definition) is 0. The fourth-order valence-corrected chi connectivity index (χ4v) is 7.37. The number of hydrogen-bond acceptors (Lipinski definition) is 6. The summed E-state index contributed by atoms with van der Waals surface area (Å²) in [7, 11) is 0.755. The van der Waals surface area contributed by atoms with Gasteiger partial charge in [-0.25, -0.2) is 0 Å². The van der Waals surface area contributed by atoms with Crippen molar-refractivity contribution in [3.05, 3.63) is 191 Å². The van der Waals surface area contributed by atoms with Crippen molar-refractivity contribution >= 4 is 26.6 Å². The number of nitrogens with zero attached hydrogens (tertiary/aromatic N) is 3. The molecule has 0 heterocycles. The molecule has 0 spiro atoms. The fourth-order valence-electron chi connectivity index (χ4n) is 6.52. The average Bonchev–Trinajstić information content (AvgIpc) is 3.13. The summed E-state index contributed by atoms with van der Waals surface area (Å²) < 4.78 is 0. The molecule has 0 unspecified atom stereocenters. The maximum Gasteiger partial charge on any atom is 0.269 e. The maximum absolute atomic E-state index is 11.4. The Hall–Kier alpha value is -6.26. The van der Waals surface area contributed by atoms with E-state index in [1.165, 1.54) is 42.0 Å². The number of nitro benzene ring substituents is 3. The first-order valence-electron chi connectivity index (χ1n) is 17.2. The highest BCUT2D eigenvalue weighted by atomic mass is 28.2. The van der Waals surface area contributed by atoms with Crippen LogP contribution in [0, 0.1) is 37.3 Å². The average molecular weight is 720 g/mol. The Labute approximate surface area is 310 Å². The zero-order valence-corrected chi connectivity index (χ0v) is 30.6. The summed E-state index contributed by atoms with van der Waals surface area (Å²) in [6.07, 6.45) is 1.26. The summed E-state index contributed by atoms with van der Waals surface area (Å²) in [5.74, 6) is 0. The van der Waals surface area contributed by atoms with Crippen LogP contribution >= 0.6 is 0 Å². The van der Waals surface area contributed by atoms with Crippen LogP contribution in [0.3, 0.4) is 0 Å².